The normalized spacial score (nSPS) is 32.1. The summed E-state index contributed by atoms with van der Waals surface area (Å²) in [7, 11) is 0. The number of primary amides is 1. The van der Waals surface area contributed by atoms with Gasteiger partial charge in [-0.15, -0.1) is 0 Å². The van der Waals surface area contributed by atoms with Gasteiger partial charge in [-0.3, -0.25) is 9.59 Å². The molecule has 6 atom stereocenters. The maximum atomic E-state index is 12.9. The second-order valence-electron chi connectivity index (χ2n) is 14.5. The molecule has 0 radical (unpaired) electrons. The summed E-state index contributed by atoms with van der Waals surface area (Å²) in [5.41, 5.74) is 4.97. The molecule has 0 saturated heterocycles. The van der Waals surface area contributed by atoms with Gasteiger partial charge in [0.15, 0.2) is 5.78 Å². The van der Waals surface area contributed by atoms with E-state index in [1.807, 2.05) is 19.9 Å². The first-order valence-electron chi connectivity index (χ1n) is 14.3. The summed E-state index contributed by atoms with van der Waals surface area (Å²) >= 11 is 0. The van der Waals surface area contributed by atoms with Gasteiger partial charge in [-0.2, -0.15) is 5.26 Å². The Hall–Kier alpha value is -1.96. The van der Waals surface area contributed by atoms with Gasteiger partial charge < -0.3 is 10.5 Å². The third-order valence-corrected chi connectivity index (χ3v) is 11.4. The number of nitriles is 1. The van der Waals surface area contributed by atoms with Gasteiger partial charge in [-0.05, 0) is 78.9 Å². The molecular formula is C32H52N2O3. The Balaban J connectivity index is 2.47. The SMILES string of the molecule is CCC(C)(C)CC[C@@](C)(CCC(C)(C)[C@]1(C)CC[C@H]2[C@H](C)C(=O)C(C#N)=C[C@]2(C)[C@H]1CC(C)=O)C(N)=O. The van der Waals surface area contributed by atoms with Gasteiger partial charge in [0.25, 0.3) is 0 Å². The summed E-state index contributed by atoms with van der Waals surface area (Å²) in [6.45, 7) is 21.3. The smallest absolute Gasteiger partial charge is 0.223 e. The van der Waals surface area contributed by atoms with Crippen molar-refractivity contribution in [1.82, 2.24) is 0 Å². The van der Waals surface area contributed by atoms with Crippen LogP contribution in [0.1, 0.15) is 121 Å². The molecule has 2 aliphatic carbocycles. The van der Waals surface area contributed by atoms with Crippen LogP contribution in [0.15, 0.2) is 11.6 Å². The van der Waals surface area contributed by atoms with E-state index in [1.165, 1.54) is 0 Å². The molecule has 0 aromatic carbocycles. The minimum absolute atomic E-state index is 0.0102. The zero-order chi connectivity index (χ0) is 28.6. The third kappa shape index (κ3) is 5.89. The van der Waals surface area contributed by atoms with E-state index in [2.05, 4.69) is 54.5 Å². The number of allylic oxidation sites excluding steroid dienone is 2. The molecule has 0 aromatic rings. The molecule has 208 valence electrons. The summed E-state index contributed by atoms with van der Waals surface area (Å²) in [4.78, 5) is 38.2. The minimum atomic E-state index is -0.586. The van der Waals surface area contributed by atoms with Crippen LogP contribution in [0, 0.1) is 56.2 Å². The Bertz CT molecular complexity index is 986. The standard InChI is InChI=1S/C32H52N2O3/c1-11-28(4,5)14-16-30(8,27(34)37)17-15-29(6,7)32(10)13-12-24-22(3)26(36)23(20-33)19-31(24,9)25(32)18-21(2)35/h19,22,24-25H,11-18H2,1-10H3,(H2,34,37)/t22-,24-,25+,30-,31-,32+/m0/s1. The molecule has 37 heavy (non-hydrogen) atoms. The van der Waals surface area contributed by atoms with Gasteiger partial charge in [0.05, 0.1) is 5.57 Å². The van der Waals surface area contributed by atoms with Crippen LogP contribution in [0.5, 0.6) is 0 Å². The molecule has 0 spiro atoms. The lowest BCUT2D eigenvalue weighted by molar-refractivity contribution is -0.145. The molecule has 0 aromatic heterocycles. The number of Topliss-reactive ketones (excluding diaryl/α,β-unsaturated/α-hetero) is 2. The number of hydrogen-bond donors (Lipinski definition) is 1. The highest BCUT2D eigenvalue weighted by atomic mass is 16.1. The highest BCUT2D eigenvalue weighted by Crippen LogP contribution is 2.66. The maximum Gasteiger partial charge on any atom is 0.223 e. The van der Waals surface area contributed by atoms with Gasteiger partial charge >= 0.3 is 0 Å². The summed E-state index contributed by atoms with van der Waals surface area (Å²) < 4.78 is 0. The number of fused-ring (bicyclic) bond motifs is 1. The first-order valence-corrected chi connectivity index (χ1v) is 14.3. The monoisotopic (exact) mass is 512 g/mol. The van der Waals surface area contributed by atoms with Crippen LogP contribution in [-0.2, 0) is 14.4 Å². The number of nitrogens with zero attached hydrogens (tertiary/aromatic N) is 1. The Morgan fingerprint density at radius 2 is 1.68 bits per heavy atom. The molecule has 0 unspecified atom stereocenters. The first kappa shape index (κ1) is 31.3. The van der Waals surface area contributed by atoms with Crippen LogP contribution in [0.2, 0.25) is 0 Å². The number of rotatable bonds is 11. The van der Waals surface area contributed by atoms with Gasteiger partial charge in [-0.1, -0.05) is 74.8 Å². The summed E-state index contributed by atoms with van der Waals surface area (Å²) in [6.07, 6.45) is 8.38. The topological polar surface area (TPSA) is 101 Å². The highest BCUT2D eigenvalue weighted by Gasteiger charge is 2.60. The number of nitrogens with two attached hydrogens (primary N) is 1. The van der Waals surface area contributed by atoms with Crippen LogP contribution in [0.3, 0.4) is 0 Å². The van der Waals surface area contributed by atoms with E-state index < -0.39 is 10.8 Å². The Morgan fingerprint density at radius 1 is 1.11 bits per heavy atom. The highest BCUT2D eigenvalue weighted by molar-refractivity contribution is 6.01. The number of amides is 1. The third-order valence-electron chi connectivity index (χ3n) is 11.4. The van der Waals surface area contributed by atoms with Crippen molar-refractivity contribution in [2.24, 2.45) is 50.6 Å². The molecule has 1 amide bonds. The molecule has 2 N–H and O–H groups in total. The predicted octanol–water partition coefficient (Wildman–Crippen LogP) is 7.19. The Morgan fingerprint density at radius 3 is 2.16 bits per heavy atom. The summed E-state index contributed by atoms with van der Waals surface area (Å²) in [5, 5.41) is 9.74. The quantitative estimate of drug-likeness (QED) is 0.316. The molecule has 5 nitrogen and oxygen atoms in total. The number of hydrogen-bond acceptors (Lipinski definition) is 4. The van der Waals surface area contributed by atoms with Gasteiger partial charge in [0, 0.05) is 17.8 Å². The maximum absolute atomic E-state index is 12.9. The fourth-order valence-electron chi connectivity index (χ4n) is 7.36. The molecule has 1 fully saturated rings. The Kier molecular flexibility index (Phi) is 9.01. The summed E-state index contributed by atoms with van der Waals surface area (Å²) in [5.74, 6) is -0.304. The van der Waals surface area contributed by atoms with E-state index in [0.29, 0.717) is 12.8 Å². The fraction of sp³-hybridized carbons (Fsp3) is 0.812. The molecule has 0 bridgehead atoms. The number of ketones is 2. The van der Waals surface area contributed by atoms with Crippen molar-refractivity contribution in [3.63, 3.8) is 0 Å². The van der Waals surface area contributed by atoms with Crippen molar-refractivity contribution in [3.05, 3.63) is 11.6 Å². The lowest BCUT2D eigenvalue weighted by atomic mass is 9.41. The van der Waals surface area contributed by atoms with E-state index in [4.69, 9.17) is 5.73 Å². The molecule has 2 rings (SSSR count). The molecule has 2 aliphatic rings. The van der Waals surface area contributed by atoms with Crippen molar-refractivity contribution < 1.29 is 14.4 Å². The summed E-state index contributed by atoms with van der Waals surface area (Å²) in [6, 6.07) is 2.15. The van der Waals surface area contributed by atoms with Crippen LogP contribution in [-0.4, -0.2) is 17.5 Å². The van der Waals surface area contributed by atoms with E-state index in [0.717, 1.165) is 38.5 Å². The molecular weight excluding hydrogens is 460 g/mol. The van der Waals surface area contributed by atoms with Crippen molar-refractivity contribution in [2.75, 3.05) is 0 Å². The molecule has 5 heteroatoms. The van der Waals surface area contributed by atoms with E-state index in [9.17, 15) is 19.6 Å². The van der Waals surface area contributed by atoms with E-state index in [-0.39, 0.29) is 57.0 Å². The van der Waals surface area contributed by atoms with Crippen molar-refractivity contribution in [2.45, 2.75) is 121 Å². The second-order valence-corrected chi connectivity index (χ2v) is 14.5. The zero-order valence-electron chi connectivity index (χ0n) is 25.2. The Labute approximate surface area is 226 Å². The number of carbonyl (C=O) groups is 3. The van der Waals surface area contributed by atoms with Crippen LogP contribution < -0.4 is 5.73 Å². The second kappa shape index (κ2) is 10.7. The van der Waals surface area contributed by atoms with Crippen LogP contribution in [0.25, 0.3) is 0 Å². The lowest BCUT2D eigenvalue weighted by Gasteiger charge is -2.62. The molecule has 1 saturated carbocycles. The average molecular weight is 513 g/mol. The number of carbonyl (C=O) groups excluding carboxylic acids is 3. The van der Waals surface area contributed by atoms with E-state index >= 15 is 0 Å². The fourth-order valence-corrected chi connectivity index (χ4v) is 7.36. The van der Waals surface area contributed by atoms with Gasteiger partial charge in [0.2, 0.25) is 5.91 Å². The van der Waals surface area contributed by atoms with Gasteiger partial charge in [0.1, 0.15) is 11.9 Å². The lowest BCUT2D eigenvalue weighted by Crippen LogP contribution is -2.57. The minimum Gasteiger partial charge on any atom is -0.369 e. The van der Waals surface area contributed by atoms with E-state index in [1.54, 1.807) is 6.92 Å². The van der Waals surface area contributed by atoms with Crippen LogP contribution in [0.4, 0.5) is 0 Å². The van der Waals surface area contributed by atoms with Crippen molar-refractivity contribution >= 4 is 17.5 Å². The molecule has 0 aliphatic heterocycles. The van der Waals surface area contributed by atoms with Gasteiger partial charge in [-0.25, -0.2) is 0 Å². The molecule has 0 heterocycles. The largest absolute Gasteiger partial charge is 0.369 e. The van der Waals surface area contributed by atoms with Crippen molar-refractivity contribution in [3.8, 4) is 6.07 Å². The van der Waals surface area contributed by atoms with Crippen LogP contribution >= 0.6 is 0 Å². The first-order chi connectivity index (χ1) is 16.8. The predicted molar refractivity (Wildman–Crippen MR) is 149 cm³/mol. The van der Waals surface area contributed by atoms with Crippen molar-refractivity contribution in [1.29, 1.82) is 5.26 Å². The zero-order valence-corrected chi connectivity index (χ0v) is 25.2. The average Bonchev–Trinajstić information content (AvgIpc) is 2.81.